The van der Waals surface area contributed by atoms with Crippen molar-refractivity contribution in [3.63, 3.8) is 0 Å². The summed E-state index contributed by atoms with van der Waals surface area (Å²) in [5, 5.41) is -1.83. The lowest BCUT2D eigenvalue weighted by atomic mass is 10.3. The summed E-state index contributed by atoms with van der Waals surface area (Å²) >= 11 is 5.18. The minimum Gasteiger partial charge on any atom is -0.222 e. The third-order valence-electron chi connectivity index (χ3n) is 1.41. The Morgan fingerprint density at radius 1 is 1.40 bits per heavy atom. The topological polar surface area (TPSA) is 47.0 Å². The standard InChI is InChI=1S/C6H2Cl2F3NO2S/c7-5-4(6(10)11)2(9)1-3(12-5)15(8,13)14/h1,6H. The predicted molar refractivity (Wildman–Crippen MR) is 47.2 cm³/mol. The second-order valence-electron chi connectivity index (χ2n) is 2.39. The summed E-state index contributed by atoms with van der Waals surface area (Å²) in [4.78, 5) is 3.05. The van der Waals surface area contributed by atoms with Crippen molar-refractivity contribution in [1.29, 1.82) is 0 Å². The largest absolute Gasteiger partial charge is 0.278 e. The van der Waals surface area contributed by atoms with Crippen molar-refractivity contribution in [1.82, 2.24) is 4.98 Å². The zero-order valence-electron chi connectivity index (χ0n) is 6.72. The van der Waals surface area contributed by atoms with Gasteiger partial charge in [0.05, 0.1) is 5.56 Å². The highest BCUT2D eigenvalue weighted by molar-refractivity contribution is 8.13. The summed E-state index contributed by atoms with van der Waals surface area (Å²) in [6, 6.07) is 0.287. The Labute approximate surface area is 92.2 Å². The van der Waals surface area contributed by atoms with Gasteiger partial charge in [0.2, 0.25) is 0 Å². The maximum atomic E-state index is 13.0. The predicted octanol–water partition coefficient (Wildman–Crippen LogP) is 2.74. The molecule has 1 heterocycles. The van der Waals surface area contributed by atoms with Crippen molar-refractivity contribution in [3.05, 3.63) is 22.6 Å². The van der Waals surface area contributed by atoms with Crippen LogP contribution in [-0.4, -0.2) is 13.4 Å². The van der Waals surface area contributed by atoms with Crippen LogP contribution in [0, 0.1) is 5.82 Å². The van der Waals surface area contributed by atoms with Crippen molar-refractivity contribution in [2.45, 2.75) is 11.5 Å². The second kappa shape index (κ2) is 4.15. The number of nitrogens with zero attached hydrogens (tertiary/aromatic N) is 1. The first-order chi connectivity index (χ1) is 6.73. The number of halogens is 5. The Kier molecular flexibility index (Phi) is 3.47. The minimum absolute atomic E-state index is 0.287. The van der Waals surface area contributed by atoms with Gasteiger partial charge in [-0.3, -0.25) is 0 Å². The van der Waals surface area contributed by atoms with E-state index in [1.807, 2.05) is 0 Å². The van der Waals surface area contributed by atoms with Crippen LogP contribution in [0.3, 0.4) is 0 Å². The third kappa shape index (κ3) is 2.73. The molecule has 1 rings (SSSR count). The Morgan fingerprint density at radius 3 is 2.27 bits per heavy atom. The molecule has 0 aliphatic carbocycles. The molecular formula is C6H2Cl2F3NO2S. The van der Waals surface area contributed by atoms with Crippen LogP contribution in [0.15, 0.2) is 11.1 Å². The number of rotatable bonds is 2. The molecule has 1 aromatic heterocycles. The van der Waals surface area contributed by atoms with Gasteiger partial charge in [0, 0.05) is 16.7 Å². The molecule has 0 amide bonds. The van der Waals surface area contributed by atoms with Gasteiger partial charge in [0.15, 0.2) is 5.03 Å². The summed E-state index contributed by atoms with van der Waals surface area (Å²) in [5.74, 6) is -1.47. The minimum atomic E-state index is -4.30. The van der Waals surface area contributed by atoms with Crippen LogP contribution in [0.25, 0.3) is 0 Å². The van der Waals surface area contributed by atoms with E-state index < -0.39 is 37.0 Å². The van der Waals surface area contributed by atoms with Gasteiger partial charge in [0.1, 0.15) is 11.0 Å². The lowest BCUT2D eigenvalue weighted by molar-refractivity contribution is 0.145. The molecule has 0 radical (unpaired) electrons. The van der Waals surface area contributed by atoms with Gasteiger partial charge in [-0.15, -0.1) is 0 Å². The van der Waals surface area contributed by atoms with E-state index in [9.17, 15) is 21.6 Å². The first-order valence-corrected chi connectivity index (χ1v) is 6.01. The second-order valence-corrected chi connectivity index (χ2v) is 5.26. The number of aromatic nitrogens is 1. The molecular weight excluding hydrogens is 278 g/mol. The van der Waals surface area contributed by atoms with Gasteiger partial charge in [-0.1, -0.05) is 11.6 Å². The summed E-state index contributed by atoms with van der Waals surface area (Å²) in [6.07, 6.45) is -3.18. The van der Waals surface area contributed by atoms with Gasteiger partial charge < -0.3 is 0 Å². The van der Waals surface area contributed by atoms with Crippen LogP contribution in [0.2, 0.25) is 5.15 Å². The van der Waals surface area contributed by atoms with Crippen LogP contribution in [-0.2, 0) is 9.05 Å². The highest BCUT2D eigenvalue weighted by Gasteiger charge is 2.23. The van der Waals surface area contributed by atoms with Crippen molar-refractivity contribution in [2.24, 2.45) is 0 Å². The maximum Gasteiger partial charge on any atom is 0.278 e. The molecule has 9 heteroatoms. The fourth-order valence-electron chi connectivity index (χ4n) is 0.793. The van der Waals surface area contributed by atoms with Gasteiger partial charge in [0.25, 0.3) is 15.5 Å². The summed E-state index contributed by atoms with van der Waals surface area (Å²) in [5.41, 5.74) is -1.15. The SMILES string of the molecule is O=S(=O)(Cl)c1cc(F)c(C(F)F)c(Cl)n1. The van der Waals surface area contributed by atoms with Gasteiger partial charge >= 0.3 is 0 Å². The monoisotopic (exact) mass is 279 g/mol. The van der Waals surface area contributed by atoms with Crippen LogP contribution in [0.5, 0.6) is 0 Å². The molecule has 0 bridgehead atoms. The molecule has 1 aromatic rings. The fourth-order valence-corrected chi connectivity index (χ4v) is 1.79. The third-order valence-corrected chi connectivity index (χ3v) is 2.88. The molecule has 0 atom stereocenters. The lowest BCUT2D eigenvalue weighted by Crippen LogP contribution is -2.02. The molecule has 0 N–H and O–H groups in total. The van der Waals surface area contributed by atoms with Crippen LogP contribution in [0.4, 0.5) is 13.2 Å². The number of pyridine rings is 1. The molecule has 0 aromatic carbocycles. The molecule has 15 heavy (non-hydrogen) atoms. The molecule has 0 saturated heterocycles. The van der Waals surface area contributed by atoms with E-state index >= 15 is 0 Å². The Bertz CT molecular complexity index is 468. The summed E-state index contributed by atoms with van der Waals surface area (Å²) < 4.78 is 58.7. The number of hydrogen-bond acceptors (Lipinski definition) is 3. The first-order valence-electron chi connectivity index (χ1n) is 3.32. The number of hydrogen-bond donors (Lipinski definition) is 0. The van der Waals surface area contributed by atoms with E-state index in [0.29, 0.717) is 0 Å². The molecule has 0 spiro atoms. The van der Waals surface area contributed by atoms with E-state index in [1.54, 1.807) is 0 Å². The fraction of sp³-hybridized carbons (Fsp3) is 0.167. The average molecular weight is 280 g/mol. The molecule has 3 nitrogen and oxygen atoms in total. The van der Waals surface area contributed by atoms with Crippen LogP contribution >= 0.6 is 22.3 Å². The van der Waals surface area contributed by atoms with Gasteiger partial charge in [-0.25, -0.2) is 26.6 Å². The van der Waals surface area contributed by atoms with E-state index in [2.05, 4.69) is 4.98 Å². The smallest absolute Gasteiger partial charge is 0.222 e. The van der Waals surface area contributed by atoms with Crippen molar-refractivity contribution >= 4 is 31.3 Å². The lowest BCUT2D eigenvalue weighted by Gasteiger charge is -2.05. The van der Waals surface area contributed by atoms with E-state index in [1.165, 1.54) is 0 Å². The Balaban J connectivity index is 3.45. The number of alkyl halides is 2. The van der Waals surface area contributed by atoms with E-state index in [0.717, 1.165) is 0 Å². The first kappa shape index (κ1) is 12.5. The Morgan fingerprint density at radius 2 is 1.93 bits per heavy atom. The van der Waals surface area contributed by atoms with E-state index in [4.69, 9.17) is 22.3 Å². The zero-order chi connectivity index (χ0) is 11.8. The van der Waals surface area contributed by atoms with Crippen LogP contribution in [0.1, 0.15) is 12.0 Å². The highest BCUT2D eigenvalue weighted by Crippen LogP contribution is 2.30. The van der Waals surface area contributed by atoms with Crippen molar-refractivity contribution < 1.29 is 21.6 Å². The quantitative estimate of drug-likeness (QED) is 0.618. The van der Waals surface area contributed by atoms with Gasteiger partial charge in [-0.2, -0.15) is 0 Å². The highest BCUT2D eigenvalue weighted by atomic mass is 35.7. The molecule has 0 aliphatic rings. The summed E-state index contributed by atoms with van der Waals surface area (Å²) in [7, 11) is 0.533. The molecule has 84 valence electrons. The average Bonchev–Trinajstić information content (AvgIpc) is 1.99. The maximum absolute atomic E-state index is 13.0. The van der Waals surface area contributed by atoms with Crippen LogP contribution < -0.4 is 0 Å². The molecule has 0 aliphatic heterocycles. The normalized spacial score (nSPS) is 12.1. The summed E-state index contributed by atoms with van der Waals surface area (Å²) in [6.45, 7) is 0. The van der Waals surface area contributed by atoms with Crippen molar-refractivity contribution in [2.75, 3.05) is 0 Å². The molecule has 0 saturated carbocycles. The Hall–Kier alpha value is -0.530. The van der Waals surface area contributed by atoms with E-state index in [-0.39, 0.29) is 6.07 Å². The van der Waals surface area contributed by atoms with Gasteiger partial charge in [-0.05, 0) is 0 Å². The molecule has 0 fully saturated rings. The van der Waals surface area contributed by atoms with Crippen molar-refractivity contribution in [3.8, 4) is 0 Å². The zero-order valence-corrected chi connectivity index (χ0v) is 9.04. The molecule has 0 unspecified atom stereocenters.